The van der Waals surface area contributed by atoms with E-state index in [1.54, 1.807) is 14.2 Å². The van der Waals surface area contributed by atoms with E-state index in [9.17, 15) is 0 Å². The van der Waals surface area contributed by atoms with Crippen LogP contribution in [0.2, 0.25) is 0 Å². The fraction of sp³-hybridized carbons (Fsp3) is 0.480. The van der Waals surface area contributed by atoms with Gasteiger partial charge in [0.25, 0.3) is 0 Å². The Balaban J connectivity index is 1.48. The van der Waals surface area contributed by atoms with Crippen molar-refractivity contribution < 1.29 is 9.47 Å². The molecule has 6 nitrogen and oxygen atoms in total. The molecule has 2 aromatic rings. The van der Waals surface area contributed by atoms with Gasteiger partial charge in [-0.2, -0.15) is 0 Å². The van der Waals surface area contributed by atoms with Gasteiger partial charge in [-0.15, -0.1) is 0 Å². The number of aliphatic imine (C=N–C) groups is 1. The van der Waals surface area contributed by atoms with Crippen molar-refractivity contribution in [3.63, 3.8) is 0 Å². The molecule has 1 aliphatic heterocycles. The number of fused-ring (bicyclic) bond motifs is 1. The molecule has 0 aromatic heterocycles. The number of rotatable bonds is 6. The molecule has 0 radical (unpaired) electrons. The monoisotopic (exact) mass is 422 g/mol. The molecule has 2 aliphatic rings. The predicted octanol–water partition coefficient (Wildman–Crippen LogP) is 3.30. The van der Waals surface area contributed by atoms with Crippen LogP contribution in [0.15, 0.2) is 53.5 Å². The first kappa shape index (κ1) is 21.5. The van der Waals surface area contributed by atoms with Crippen LogP contribution in [0, 0.1) is 0 Å². The number of hydrogen-bond acceptors (Lipinski definition) is 4. The second-order valence-electron chi connectivity index (χ2n) is 8.78. The van der Waals surface area contributed by atoms with E-state index in [1.165, 1.54) is 11.1 Å². The zero-order valence-electron chi connectivity index (χ0n) is 18.8. The van der Waals surface area contributed by atoms with Crippen LogP contribution >= 0.6 is 0 Å². The molecule has 2 aromatic carbocycles. The highest BCUT2D eigenvalue weighted by Crippen LogP contribution is 2.49. The number of methoxy groups -OCH3 is 2. The minimum absolute atomic E-state index is 0.141. The van der Waals surface area contributed by atoms with Crippen LogP contribution in [0.25, 0.3) is 0 Å². The highest BCUT2D eigenvalue weighted by atomic mass is 16.5. The summed E-state index contributed by atoms with van der Waals surface area (Å²) in [7, 11) is 5.63. The van der Waals surface area contributed by atoms with Gasteiger partial charge in [0.1, 0.15) is 0 Å². The summed E-state index contributed by atoms with van der Waals surface area (Å²) in [6.45, 7) is 1.70. The summed E-state index contributed by atoms with van der Waals surface area (Å²) in [5.74, 6) is 2.12. The van der Waals surface area contributed by atoms with Gasteiger partial charge >= 0.3 is 0 Å². The first-order valence-electron chi connectivity index (χ1n) is 11.1. The molecule has 2 fully saturated rings. The van der Waals surface area contributed by atoms with Gasteiger partial charge in [0, 0.05) is 17.5 Å². The Bertz CT molecular complexity index is 917. The first-order valence-corrected chi connectivity index (χ1v) is 11.1. The van der Waals surface area contributed by atoms with E-state index < -0.39 is 0 Å². The number of likely N-dealkylation sites (tertiary alicyclic amines) is 1. The average Bonchev–Trinajstić information content (AvgIpc) is 3.15. The third kappa shape index (κ3) is 4.35. The number of nitrogens with two attached hydrogens (primary N) is 1. The predicted molar refractivity (Wildman–Crippen MR) is 125 cm³/mol. The summed E-state index contributed by atoms with van der Waals surface area (Å²) in [6, 6.07) is 17.4. The van der Waals surface area contributed by atoms with Gasteiger partial charge in [0.2, 0.25) is 0 Å². The van der Waals surface area contributed by atoms with Gasteiger partial charge < -0.3 is 25.4 Å². The summed E-state index contributed by atoms with van der Waals surface area (Å²) in [6.07, 6.45) is 4.39. The highest BCUT2D eigenvalue weighted by molar-refractivity contribution is 5.78. The van der Waals surface area contributed by atoms with Crippen LogP contribution in [0.1, 0.15) is 36.8 Å². The van der Waals surface area contributed by atoms with E-state index in [1.807, 2.05) is 24.3 Å². The SMILES string of the molecule is COc1ccc([C@@]23CC[C@@H](NC(N)=NCc4ccccc4)C[C@H]2N(C)CC3)cc1OC. The number of nitrogens with zero attached hydrogens (tertiary/aromatic N) is 2. The van der Waals surface area contributed by atoms with Crippen LogP contribution in [0.5, 0.6) is 11.5 Å². The Morgan fingerprint density at radius 3 is 2.65 bits per heavy atom. The fourth-order valence-corrected chi connectivity index (χ4v) is 5.41. The zero-order chi connectivity index (χ0) is 21.8. The molecule has 3 N–H and O–H groups in total. The maximum atomic E-state index is 6.23. The summed E-state index contributed by atoms with van der Waals surface area (Å²) >= 11 is 0. The standard InChI is InChI=1S/C25H34N4O2/c1-29-14-13-25(19-9-10-21(30-2)22(15-19)31-3)12-11-20(16-23(25)29)28-24(26)27-17-18-7-5-4-6-8-18/h4-10,15,20,23H,11-14,16-17H2,1-3H3,(H3,26,27,28)/t20-,23-,25+/m1/s1. The van der Waals surface area contributed by atoms with Crippen LogP contribution in [0.3, 0.4) is 0 Å². The van der Waals surface area contributed by atoms with Gasteiger partial charge in [-0.05, 0) is 62.5 Å². The lowest BCUT2D eigenvalue weighted by Crippen LogP contribution is -2.52. The molecule has 1 aliphatic carbocycles. The van der Waals surface area contributed by atoms with Crippen molar-refractivity contribution >= 4 is 5.96 Å². The Morgan fingerprint density at radius 1 is 1.13 bits per heavy atom. The first-order chi connectivity index (χ1) is 15.1. The molecule has 166 valence electrons. The summed E-state index contributed by atoms with van der Waals surface area (Å²) in [5.41, 5.74) is 8.89. The van der Waals surface area contributed by atoms with Crippen molar-refractivity contribution in [3.8, 4) is 11.5 Å². The smallest absolute Gasteiger partial charge is 0.189 e. The van der Waals surface area contributed by atoms with Crippen LogP contribution in [-0.2, 0) is 12.0 Å². The third-order valence-electron chi connectivity index (χ3n) is 7.11. The topological polar surface area (TPSA) is 72.1 Å². The van der Waals surface area contributed by atoms with E-state index >= 15 is 0 Å². The van der Waals surface area contributed by atoms with E-state index in [-0.39, 0.29) is 5.41 Å². The van der Waals surface area contributed by atoms with Crippen molar-refractivity contribution in [3.05, 3.63) is 59.7 Å². The van der Waals surface area contributed by atoms with Gasteiger partial charge in [0.05, 0.1) is 20.8 Å². The molecule has 1 saturated heterocycles. The molecule has 6 heteroatoms. The Hall–Kier alpha value is -2.73. The van der Waals surface area contributed by atoms with E-state index in [2.05, 4.69) is 46.5 Å². The van der Waals surface area contributed by atoms with Crippen molar-refractivity contribution in [2.75, 3.05) is 27.8 Å². The molecule has 0 amide bonds. The molecule has 31 heavy (non-hydrogen) atoms. The van der Waals surface area contributed by atoms with Crippen molar-refractivity contribution in [2.45, 2.75) is 49.7 Å². The van der Waals surface area contributed by atoms with Gasteiger partial charge in [-0.3, -0.25) is 0 Å². The van der Waals surface area contributed by atoms with E-state index in [4.69, 9.17) is 15.2 Å². The normalized spacial score (nSPS) is 26.4. The molecule has 0 unspecified atom stereocenters. The third-order valence-corrected chi connectivity index (χ3v) is 7.11. The Labute approximate surface area is 185 Å². The Morgan fingerprint density at radius 2 is 1.90 bits per heavy atom. The molecule has 0 spiro atoms. The quantitative estimate of drug-likeness (QED) is 0.552. The van der Waals surface area contributed by atoms with Gasteiger partial charge in [-0.1, -0.05) is 36.4 Å². The van der Waals surface area contributed by atoms with Crippen LogP contribution in [-0.4, -0.2) is 50.8 Å². The summed E-state index contributed by atoms with van der Waals surface area (Å²) in [4.78, 5) is 7.05. The van der Waals surface area contributed by atoms with Crippen molar-refractivity contribution in [1.29, 1.82) is 0 Å². The molecule has 1 heterocycles. The second kappa shape index (κ2) is 9.18. The number of nitrogens with one attached hydrogen (secondary N) is 1. The molecular weight excluding hydrogens is 388 g/mol. The number of guanidine groups is 1. The second-order valence-corrected chi connectivity index (χ2v) is 8.78. The fourth-order valence-electron chi connectivity index (χ4n) is 5.41. The van der Waals surface area contributed by atoms with Crippen molar-refractivity contribution in [2.24, 2.45) is 10.7 Å². The number of likely N-dealkylation sites (N-methyl/N-ethyl adjacent to an activating group) is 1. The lowest BCUT2D eigenvalue weighted by molar-refractivity contribution is 0.161. The molecule has 0 bridgehead atoms. The van der Waals surface area contributed by atoms with Crippen LogP contribution in [0.4, 0.5) is 0 Å². The lowest BCUT2D eigenvalue weighted by Gasteiger charge is -2.45. The number of hydrogen-bond donors (Lipinski definition) is 2. The van der Waals surface area contributed by atoms with Crippen molar-refractivity contribution in [1.82, 2.24) is 10.2 Å². The van der Waals surface area contributed by atoms with Crippen LogP contribution < -0.4 is 20.5 Å². The molecule has 4 rings (SSSR count). The highest BCUT2D eigenvalue weighted by Gasteiger charge is 2.50. The van der Waals surface area contributed by atoms with E-state index in [0.717, 1.165) is 43.7 Å². The average molecular weight is 423 g/mol. The minimum atomic E-state index is 0.141. The lowest BCUT2D eigenvalue weighted by atomic mass is 9.65. The Kier molecular flexibility index (Phi) is 6.37. The number of ether oxygens (including phenoxy) is 2. The number of benzene rings is 2. The molecular formula is C25H34N4O2. The zero-order valence-corrected chi connectivity index (χ0v) is 18.8. The molecule has 1 saturated carbocycles. The summed E-state index contributed by atoms with van der Waals surface area (Å²) < 4.78 is 11.0. The maximum Gasteiger partial charge on any atom is 0.189 e. The minimum Gasteiger partial charge on any atom is -0.493 e. The van der Waals surface area contributed by atoms with Gasteiger partial charge in [0.15, 0.2) is 17.5 Å². The maximum absolute atomic E-state index is 6.23. The van der Waals surface area contributed by atoms with E-state index in [0.29, 0.717) is 24.6 Å². The molecule has 3 atom stereocenters. The largest absolute Gasteiger partial charge is 0.493 e. The van der Waals surface area contributed by atoms with Gasteiger partial charge in [-0.25, -0.2) is 4.99 Å². The summed E-state index contributed by atoms with van der Waals surface area (Å²) in [5, 5.41) is 3.49.